The molecular formula is C17H12Cl2N2O4. The number of nitrogens with zero attached hydrogens (tertiary/aromatic N) is 2. The molecule has 0 saturated heterocycles. The smallest absolute Gasteiger partial charge is 0.280 e. The number of carbonyl (C=O) groups excluding carboxylic acids is 1. The van der Waals surface area contributed by atoms with Crippen molar-refractivity contribution in [2.24, 2.45) is 5.10 Å². The van der Waals surface area contributed by atoms with Crippen LogP contribution in [0.3, 0.4) is 0 Å². The molecule has 3 N–H and O–H groups in total. The molecule has 0 radical (unpaired) electrons. The Kier molecular flexibility index (Phi) is 4.32. The summed E-state index contributed by atoms with van der Waals surface area (Å²) in [5.41, 5.74) is 1.51. The maximum atomic E-state index is 12.6. The number of hydrogen-bond donors (Lipinski definition) is 3. The summed E-state index contributed by atoms with van der Waals surface area (Å²) >= 11 is 11.9. The lowest BCUT2D eigenvalue weighted by molar-refractivity contribution is -0.114. The Hall–Kier alpha value is -2.70. The Morgan fingerprint density at radius 1 is 1.04 bits per heavy atom. The van der Waals surface area contributed by atoms with Crippen LogP contribution in [-0.4, -0.2) is 26.9 Å². The summed E-state index contributed by atoms with van der Waals surface area (Å²) in [5, 5.41) is 34.6. The van der Waals surface area contributed by atoms with Crippen molar-refractivity contribution in [1.29, 1.82) is 0 Å². The number of hydrogen-bond acceptors (Lipinski definition) is 5. The normalized spacial score (nSPS) is 15.8. The van der Waals surface area contributed by atoms with Crippen LogP contribution in [0.4, 0.5) is 5.69 Å². The molecule has 2 aromatic carbocycles. The maximum Gasteiger partial charge on any atom is 0.280 e. The van der Waals surface area contributed by atoms with Crippen molar-refractivity contribution in [1.82, 2.24) is 0 Å². The number of aromatic hydroxyl groups is 3. The van der Waals surface area contributed by atoms with Crippen molar-refractivity contribution < 1.29 is 20.1 Å². The number of benzene rings is 2. The second-order valence-corrected chi connectivity index (χ2v) is 6.18. The molecule has 1 aliphatic rings. The predicted octanol–water partition coefficient (Wildman–Crippen LogP) is 3.92. The van der Waals surface area contributed by atoms with Gasteiger partial charge >= 0.3 is 0 Å². The van der Waals surface area contributed by atoms with Crippen LogP contribution in [0.1, 0.15) is 12.5 Å². The predicted molar refractivity (Wildman–Crippen MR) is 96.5 cm³/mol. The van der Waals surface area contributed by atoms with Gasteiger partial charge in [0.2, 0.25) is 0 Å². The Morgan fingerprint density at radius 2 is 1.68 bits per heavy atom. The molecule has 0 fully saturated rings. The third-order valence-electron chi connectivity index (χ3n) is 3.61. The van der Waals surface area contributed by atoms with Gasteiger partial charge in [-0.25, -0.2) is 0 Å². The van der Waals surface area contributed by atoms with E-state index in [0.717, 1.165) is 0 Å². The standard InChI is InChI=1S/C17H12Cl2N2O4/c1-8-11(4-9-5-14(22)16(24)15(23)6-9)17(25)21(20-8)10-2-3-12(18)13(19)7-10/h2-7,22-24H,1H3. The first-order chi connectivity index (χ1) is 11.8. The minimum Gasteiger partial charge on any atom is -0.504 e. The SMILES string of the molecule is CC1=NN(c2ccc(Cl)c(Cl)c2)C(=O)C1=Cc1cc(O)c(O)c(O)c1. The molecule has 2 aromatic rings. The molecule has 0 atom stereocenters. The van der Waals surface area contributed by atoms with Crippen molar-refractivity contribution in [3.63, 3.8) is 0 Å². The summed E-state index contributed by atoms with van der Waals surface area (Å²) in [4.78, 5) is 12.6. The molecular weight excluding hydrogens is 367 g/mol. The van der Waals surface area contributed by atoms with Crippen LogP contribution >= 0.6 is 23.2 Å². The topological polar surface area (TPSA) is 93.4 Å². The number of rotatable bonds is 2. The van der Waals surface area contributed by atoms with E-state index in [1.54, 1.807) is 19.1 Å². The van der Waals surface area contributed by atoms with E-state index in [1.165, 1.54) is 29.3 Å². The lowest BCUT2D eigenvalue weighted by atomic mass is 10.1. The molecule has 0 saturated carbocycles. The van der Waals surface area contributed by atoms with Crippen molar-refractivity contribution in [3.05, 3.63) is 51.5 Å². The van der Waals surface area contributed by atoms with Crippen LogP contribution in [-0.2, 0) is 4.79 Å². The van der Waals surface area contributed by atoms with Crippen LogP contribution in [0.15, 0.2) is 41.0 Å². The fourth-order valence-electron chi connectivity index (χ4n) is 2.35. The van der Waals surface area contributed by atoms with E-state index >= 15 is 0 Å². The molecule has 1 heterocycles. The summed E-state index contributed by atoms with van der Waals surface area (Å²) in [6.45, 7) is 1.65. The molecule has 128 valence electrons. The molecule has 0 aliphatic carbocycles. The molecule has 3 rings (SSSR count). The van der Waals surface area contributed by atoms with Crippen LogP contribution in [0.25, 0.3) is 6.08 Å². The van der Waals surface area contributed by atoms with Crippen LogP contribution in [0, 0.1) is 0 Å². The van der Waals surface area contributed by atoms with Crippen molar-refractivity contribution in [3.8, 4) is 17.2 Å². The third kappa shape index (κ3) is 3.14. The highest BCUT2D eigenvalue weighted by Crippen LogP contribution is 2.37. The largest absolute Gasteiger partial charge is 0.504 e. The summed E-state index contributed by atoms with van der Waals surface area (Å²) in [6.07, 6.45) is 1.46. The van der Waals surface area contributed by atoms with Gasteiger partial charge < -0.3 is 15.3 Å². The molecule has 1 aliphatic heterocycles. The van der Waals surface area contributed by atoms with Crippen molar-refractivity contribution in [2.75, 3.05) is 5.01 Å². The molecule has 8 heteroatoms. The molecule has 0 aromatic heterocycles. The van der Waals surface area contributed by atoms with Gasteiger partial charge in [-0.15, -0.1) is 0 Å². The van der Waals surface area contributed by atoms with Crippen molar-refractivity contribution in [2.45, 2.75) is 6.92 Å². The molecule has 1 amide bonds. The van der Waals surface area contributed by atoms with Gasteiger partial charge in [0, 0.05) is 0 Å². The van der Waals surface area contributed by atoms with Crippen LogP contribution < -0.4 is 5.01 Å². The summed E-state index contributed by atoms with van der Waals surface area (Å²) in [5.74, 6) is -2.01. The fourth-order valence-corrected chi connectivity index (χ4v) is 2.64. The van der Waals surface area contributed by atoms with E-state index in [9.17, 15) is 20.1 Å². The number of anilines is 1. The highest BCUT2D eigenvalue weighted by Gasteiger charge is 2.29. The monoisotopic (exact) mass is 378 g/mol. The highest BCUT2D eigenvalue weighted by molar-refractivity contribution is 6.42. The number of phenolic OH excluding ortho intramolecular Hbond substituents is 3. The number of amides is 1. The first-order valence-corrected chi connectivity index (χ1v) is 7.85. The first kappa shape index (κ1) is 17.1. The second-order valence-electron chi connectivity index (χ2n) is 5.37. The maximum absolute atomic E-state index is 12.6. The van der Waals surface area contributed by atoms with Gasteiger partial charge in [-0.2, -0.15) is 10.1 Å². The Balaban J connectivity index is 1.99. The minimum absolute atomic E-state index is 0.274. The number of carbonyl (C=O) groups is 1. The summed E-state index contributed by atoms with van der Waals surface area (Å²) in [6, 6.07) is 7.16. The van der Waals surface area contributed by atoms with Crippen molar-refractivity contribution >= 4 is 46.6 Å². The molecule has 6 nitrogen and oxygen atoms in total. The van der Waals surface area contributed by atoms with E-state index in [0.29, 0.717) is 27.0 Å². The molecule has 0 unspecified atom stereocenters. The number of hydrazone groups is 1. The zero-order chi connectivity index (χ0) is 18.3. The minimum atomic E-state index is -0.622. The Bertz CT molecular complexity index is 931. The third-order valence-corrected chi connectivity index (χ3v) is 4.35. The van der Waals surface area contributed by atoms with E-state index < -0.39 is 23.2 Å². The quantitative estimate of drug-likeness (QED) is 0.545. The number of phenols is 3. The highest BCUT2D eigenvalue weighted by atomic mass is 35.5. The molecule has 25 heavy (non-hydrogen) atoms. The van der Waals surface area contributed by atoms with E-state index in [4.69, 9.17) is 23.2 Å². The zero-order valence-electron chi connectivity index (χ0n) is 12.9. The van der Waals surface area contributed by atoms with Gasteiger partial charge in [-0.1, -0.05) is 23.2 Å². The molecule has 0 bridgehead atoms. The average molecular weight is 379 g/mol. The summed E-state index contributed by atoms with van der Waals surface area (Å²) in [7, 11) is 0. The van der Waals surface area contributed by atoms with Gasteiger partial charge in [0.25, 0.3) is 5.91 Å². The summed E-state index contributed by atoms with van der Waals surface area (Å²) < 4.78 is 0. The van der Waals surface area contributed by atoms with Gasteiger partial charge in [0.15, 0.2) is 17.2 Å². The van der Waals surface area contributed by atoms with E-state index in [2.05, 4.69) is 5.10 Å². The first-order valence-electron chi connectivity index (χ1n) is 7.09. The molecule has 0 spiro atoms. The lowest BCUT2D eigenvalue weighted by Gasteiger charge is -2.12. The van der Waals surface area contributed by atoms with Gasteiger partial charge in [0.05, 0.1) is 27.0 Å². The van der Waals surface area contributed by atoms with Gasteiger partial charge in [-0.05, 0) is 48.9 Å². The lowest BCUT2D eigenvalue weighted by Crippen LogP contribution is -2.21. The average Bonchev–Trinajstić information content (AvgIpc) is 2.83. The number of halogens is 2. The van der Waals surface area contributed by atoms with Crippen LogP contribution in [0.2, 0.25) is 10.0 Å². The fraction of sp³-hybridized carbons (Fsp3) is 0.0588. The van der Waals surface area contributed by atoms with Gasteiger partial charge in [-0.3, -0.25) is 4.79 Å². The zero-order valence-corrected chi connectivity index (χ0v) is 14.4. The van der Waals surface area contributed by atoms with E-state index in [-0.39, 0.29) is 5.57 Å². The van der Waals surface area contributed by atoms with Gasteiger partial charge in [0.1, 0.15) is 0 Å². The Labute approximate surface area is 152 Å². The van der Waals surface area contributed by atoms with Crippen LogP contribution in [0.5, 0.6) is 17.2 Å². The Morgan fingerprint density at radius 3 is 2.28 bits per heavy atom. The second kappa shape index (κ2) is 6.31. The van der Waals surface area contributed by atoms with E-state index in [1.807, 2.05) is 0 Å².